The summed E-state index contributed by atoms with van der Waals surface area (Å²) in [6, 6.07) is 6.33. The van der Waals surface area contributed by atoms with Crippen LogP contribution in [0.25, 0.3) is 0 Å². The molecule has 1 aliphatic rings. The average Bonchev–Trinajstić information content (AvgIpc) is 2.78. The molecule has 1 fully saturated rings. The third kappa shape index (κ3) is 6.78. The maximum atomic E-state index is 5.55. The Bertz CT molecular complexity index is 628. The van der Waals surface area contributed by atoms with E-state index >= 15 is 0 Å². The lowest BCUT2D eigenvalue weighted by Gasteiger charge is -2.39. The van der Waals surface area contributed by atoms with Crippen molar-refractivity contribution in [2.24, 2.45) is 10.9 Å². The van der Waals surface area contributed by atoms with Gasteiger partial charge in [-0.15, -0.1) is 0 Å². The molecule has 0 aliphatic carbocycles. The Hall–Kier alpha value is -1.99. The van der Waals surface area contributed by atoms with E-state index in [-0.39, 0.29) is 0 Å². The maximum absolute atomic E-state index is 5.55. The number of hydrogen-bond acceptors (Lipinski definition) is 5. The van der Waals surface area contributed by atoms with Crippen LogP contribution >= 0.6 is 0 Å². The SMILES string of the molecule is CCC(CC)C(CNC(=NC)NCc1ccc(OC)cc1OC)N1CCOCC1. The van der Waals surface area contributed by atoms with Crippen molar-refractivity contribution in [1.82, 2.24) is 15.5 Å². The highest BCUT2D eigenvalue weighted by Gasteiger charge is 2.27. The Balaban J connectivity index is 1.97. The van der Waals surface area contributed by atoms with Gasteiger partial charge >= 0.3 is 0 Å². The van der Waals surface area contributed by atoms with Crippen molar-refractivity contribution in [3.63, 3.8) is 0 Å². The van der Waals surface area contributed by atoms with E-state index in [2.05, 4.69) is 34.4 Å². The van der Waals surface area contributed by atoms with Crippen LogP contribution in [0, 0.1) is 5.92 Å². The zero-order valence-electron chi connectivity index (χ0n) is 18.7. The summed E-state index contributed by atoms with van der Waals surface area (Å²) in [4.78, 5) is 6.97. The number of aliphatic imine (C=N–C) groups is 1. The molecule has 1 saturated heterocycles. The number of guanidine groups is 1. The van der Waals surface area contributed by atoms with Gasteiger partial charge in [0.25, 0.3) is 0 Å². The molecule has 1 atom stereocenters. The molecule has 1 aromatic rings. The van der Waals surface area contributed by atoms with Gasteiger partial charge in [0.1, 0.15) is 11.5 Å². The molecule has 1 heterocycles. The summed E-state index contributed by atoms with van der Waals surface area (Å²) in [5.74, 6) is 3.04. The van der Waals surface area contributed by atoms with Gasteiger partial charge in [-0.25, -0.2) is 0 Å². The van der Waals surface area contributed by atoms with E-state index in [1.807, 2.05) is 18.2 Å². The van der Waals surface area contributed by atoms with E-state index in [1.54, 1.807) is 21.3 Å². The van der Waals surface area contributed by atoms with Crippen molar-refractivity contribution in [2.45, 2.75) is 39.3 Å². The number of methoxy groups -OCH3 is 2. The van der Waals surface area contributed by atoms with Crippen molar-refractivity contribution in [2.75, 3.05) is 54.1 Å². The number of nitrogens with one attached hydrogen (secondary N) is 2. The number of morpholine rings is 1. The summed E-state index contributed by atoms with van der Waals surface area (Å²) in [5.41, 5.74) is 1.06. The third-order valence-corrected chi connectivity index (χ3v) is 5.75. The quantitative estimate of drug-likeness (QED) is 0.460. The number of rotatable bonds is 10. The van der Waals surface area contributed by atoms with E-state index in [4.69, 9.17) is 14.2 Å². The lowest BCUT2D eigenvalue weighted by atomic mass is 9.92. The van der Waals surface area contributed by atoms with E-state index in [1.165, 1.54) is 12.8 Å². The summed E-state index contributed by atoms with van der Waals surface area (Å²) in [6.45, 7) is 9.69. The second kappa shape index (κ2) is 12.5. The van der Waals surface area contributed by atoms with Crippen molar-refractivity contribution >= 4 is 5.96 Å². The zero-order valence-corrected chi connectivity index (χ0v) is 18.7. The van der Waals surface area contributed by atoms with Crippen LogP contribution in [0.15, 0.2) is 23.2 Å². The molecule has 1 aromatic carbocycles. The molecule has 0 aromatic heterocycles. The normalized spacial score (nSPS) is 16.6. The monoisotopic (exact) mass is 406 g/mol. The molecule has 0 saturated carbocycles. The van der Waals surface area contributed by atoms with Crippen LogP contribution in [0.3, 0.4) is 0 Å². The number of hydrogen-bond donors (Lipinski definition) is 2. The summed E-state index contributed by atoms with van der Waals surface area (Å²) < 4.78 is 16.3. The minimum absolute atomic E-state index is 0.475. The first-order valence-electron chi connectivity index (χ1n) is 10.6. The number of ether oxygens (including phenoxy) is 3. The van der Waals surface area contributed by atoms with Crippen LogP contribution in [0.5, 0.6) is 11.5 Å². The van der Waals surface area contributed by atoms with Gasteiger partial charge in [-0.2, -0.15) is 0 Å². The average molecular weight is 407 g/mol. The summed E-state index contributed by atoms with van der Waals surface area (Å²) >= 11 is 0. The molecule has 0 amide bonds. The highest BCUT2D eigenvalue weighted by Crippen LogP contribution is 2.24. The van der Waals surface area contributed by atoms with E-state index in [0.29, 0.717) is 18.5 Å². The fraction of sp³-hybridized carbons (Fsp3) is 0.682. The predicted molar refractivity (Wildman–Crippen MR) is 118 cm³/mol. The van der Waals surface area contributed by atoms with Gasteiger partial charge in [-0.05, 0) is 18.1 Å². The fourth-order valence-electron chi connectivity index (χ4n) is 3.93. The van der Waals surface area contributed by atoms with E-state index in [9.17, 15) is 0 Å². The van der Waals surface area contributed by atoms with Gasteiger partial charge in [-0.3, -0.25) is 9.89 Å². The second-order valence-corrected chi connectivity index (χ2v) is 7.28. The van der Waals surface area contributed by atoms with Crippen LogP contribution in [0.2, 0.25) is 0 Å². The van der Waals surface area contributed by atoms with Crippen LogP contribution in [-0.2, 0) is 11.3 Å². The Morgan fingerprint density at radius 3 is 2.45 bits per heavy atom. The molecule has 0 spiro atoms. The minimum Gasteiger partial charge on any atom is -0.497 e. The highest BCUT2D eigenvalue weighted by atomic mass is 16.5. The fourth-order valence-corrected chi connectivity index (χ4v) is 3.93. The Morgan fingerprint density at radius 2 is 1.86 bits per heavy atom. The molecule has 0 bridgehead atoms. The van der Waals surface area contributed by atoms with Crippen LogP contribution in [0.1, 0.15) is 32.3 Å². The van der Waals surface area contributed by atoms with Gasteiger partial charge in [0.2, 0.25) is 0 Å². The highest BCUT2D eigenvalue weighted by molar-refractivity contribution is 5.79. The van der Waals surface area contributed by atoms with Crippen molar-refractivity contribution < 1.29 is 14.2 Å². The second-order valence-electron chi connectivity index (χ2n) is 7.28. The molecule has 2 rings (SSSR count). The molecule has 164 valence electrons. The van der Waals surface area contributed by atoms with Gasteiger partial charge < -0.3 is 24.8 Å². The topological polar surface area (TPSA) is 67.4 Å². The Kier molecular flexibility index (Phi) is 10.1. The zero-order chi connectivity index (χ0) is 21.1. The van der Waals surface area contributed by atoms with Crippen LogP contribution in [-0.4, -0.2) is 71.0 Å². The van der Waals surface area contributed by atoms with Crippen molar-refractivity contribution in [1.29, 1.82) is 0 Å². The largest absolute Gasteiger partial charge is 0.497 e. The number of benzene rings is 1. The molecule has 29 heavy (non-hydrogen) atoms. The molecule has 7 nitrogen and oxygen atoms in total. The van der Waals surface area contributed by atoms with E-state index < -0.39 is 0 Å². The smallest absolute Gasteiger partial charge is 0.191 e. The lowest BCUT2D eigenvalue weighted by molar-refractivity contribution is 0.00272. The van der Waals surface area contributed by atoms with Crippen molar-refractivity contribution in [3.8, 4) is 11.5 Å². The first kappa shape index (κ1) is 23.3. The third-order valence-electron chi connectivity index (χ3n) is 5.75. The molecular formula is C22H38N4O3. The summed E-state index contributed by atoms with van der Waals surface area (Å²) in [6.07, 6.45) is 2.35. The summed E-state index contributed by atoms with van der Waals surface area (Å²) in [5, 5.41) is 6.94. The Morgan fingerprint density at radius 1 is 1.14 bits per heavy atom. The predicted octanol–water partition coefficient (Wildman–Crippen LogP) is 2.51. The van der Waals surface area contributed by atoms with Crippen LogP contribution < -0.4 is 20.1 Å². The van der Waals surface area contributed by atoms with Crippen LogP contribution in [0.4, 0.5) is 0 Å². The van der Waals surface area contributed by atoms with Gasteiger partial charge in [-0.1, -0.05) is 26.7 Å². The van der Waals surface area contributed by atoms with E-state index in [0.717, 1.165) is 55.9 Å². The molecular weight excluding hydrogens is 368 g/mol. The van der Waals surface area contributed by atoms with Gasteiger partial charge in [0, 0.05) is 50.9 Å². The van der Waals surface area contributed by atoms with Crippen molar-refractivity contribution in [3.05, 3.63) is 23.8 Å². The first-order valence-corrected chi connectivity index (χ1v) is 10.6. The molecule has 1 aliphatic heterocycles. The molecule has 0 radical (unpaired) electrons. The minimum atomic E-state index is 0.475. The van der Waals surface area contributed by atoms with Gasteiger partial charge in [0.05, 0.1) is 27.4 Å². The van der Waals surface area contributed by atoms with Gasteiger partial charge in [0.15, 0.2) is 5.96 Å². The molecule has 2 N–H and O–H groups in total. The maximum Gasteiger partial charge on any atom is 0.191 e. The molecule has 1 unspecified atom stereocenters. The summed E-state index contributed by atoms with van der Waals surface area (Å²) in [7, 11) is 5.14. The molecule has 7 heteroatoms. The Labute approximate surface area is 175 Å². The standard InChI is InChI=1S/C22H38N4O3/c1-6-17(7-2)20(26-10-12-29-13-11-26)16-25-22(23-3)24-15-18-8-9-19(27-4)14-21(18)28-5/h8-9,14,17,20H,6-7,10-13,15-16H2,1-5H3,(H2,23,24,25). The lowest BCUT2D eigenvalue weighted by Crippen LogP contribution is -2.53. The first-order chi connectivity index (χ1) is 14.2. The number of nitrogens with zero attached hydrogens (tertiary/aromatic N) is 2.